The summed E-state index contributed by atoms with van der Waals surface area (Å²) in [5.74, 6) is -0.236. The van der Waals surface area contributed by atoms with Crippen molar-refractivity contribution in [3.8, 4) is 33.9 Å². The molecule has 0 spiro atoms. The summed E-state index contributed by atoms with van der Waals surface area (Å²) in [6.07, 6.45) is 2.32. The molecule has 44 heavy (non-hydrogen) atoms. The van der Waals surface area contributed by atoms with E-state index in [2.05, 4.69) is 15.3 Å². The van der Waals surface area contributed by atoms with Crippen molar-refractivity contribution in [2.45, 2.75) is 6.42 Å². The summed E-state index contributed by atoms with van der Waals surface area (Å²) in [7, 11) is 0. The number of nitrogens with zero attached hydrogens (tertiary/aromatic N) is 3. The van der Waals surface area contributed by atoms with Gasteiger partial charge in [-0.3, -0.25) is 14.6 Å². The first-order valence-corrected chi connectivity index (χ1v) is 14.2. The van der Waals surface area contributed by atoms with Crippen molar-refractivity contribution in [3.63, 3.8) is 0 Å². The number of para-hydroxylation sites is 1. The topological polar surface area (TPSA) is 91.0 Å². The first-order valence-electron chi connectivity index (χ1n) is 14.2. The molecule has 0 fully saturated rings. The molecule has 1 aliphatic rings. The highest BCUT2D eigenvalue weighted by Gasteiger charge is 2.27. The van der Waals surface area contributed by atoms with E-state index in [1.165, 1.54) is 6.07 Å². The van der Waals surface area contributed by atoms with Crippen LogP contribution in [-0.4, -0.2) is 33.3 Å². The number of carbonyl (C=O) groups excluding carboxylic acids is 2. The van der Waals surface area contributed by atoms with Gasteiger partial charge in [0.1, 0.15) is 11.5 Å². The van der Waals surface area contributed by atoms with Crippen molar-refractivity contribution in [2.24, 2.45) is 0 Å². The van der Waals surface area contributed by atoms with Gasteiger partial charge in [0.05, 0.1) is 11.4 Å². The van der Waals surface area contributed by atoms with Gasteiger partial charge in [-0.1, -0.05) is 60.7 Å². The minimum absolute atomic E-state index is 0.157. The number of nitrogens with one attached hydrogen (secondary N) is 2. The fraction of sp³-hybridized carbons (Fsp3) is 0.0556. The zero-order valence-electron chi connectivity index (χ0n) is 23.5. The lowest BCUT2D eigenvalue weighted by atomic mass is 9.98. The second-order valence-corrected chi connectivity index (χ2v) is 10.4. The average Bonchev–Trinajstić information content (AvgIpc) is 3.43. The maximum absolute atomic E-state index is 14.5. The van der Waals surface area contributed by atoms with E-state index >= 15 is 0 Å². The van der Waals surface area contributed by atoms with Crippen molar-refractivity contribution < 1.29 is 14.0 Å². The van der Waals surface area contributed by atoms with Crippen molar-refractivity contribution in [2.75, 3.05) is 16.8 Å². The van der Waals surface area contributed by atoms with Gasteiger partial charge in [0.25, 0.3) is 11.8 Å². The summed E-state index contributed by atoms with van der Waals surface area (Å²) in [6.45, 7) is 0.456. The SMILES string of the molecule is O=C(Nc1ccc(C(=O)N2CCc3[nH]c(-c4ccccn4)nc3-c3ccccc32)cc1)c1ccccc1-c1ccccc1F. The largest absolute Gasteiger partial charge is 0.340 e. The zero-order chi connectivity index (χ0) is 30.0. The fourth-order valence-electron chi connectivity index (χ4n) is 5.55. The van der Waals surface area contributed by atoms with Gasteiger partial charge in [0, 0.05) is 52.8 Å². The molecule has 0 atom stereocenters. The van der Waals surface area contributed by atoms with Gasteiger partial charge in [-0.2, -0.15) is 0 Å². The molecule has 0 radical (unpaired) electrons. The lowest BCUT2D eigenvalue weighted by molar-refractivity contribution is 0.0986. The number of fused-ring (bicyclic) bond motifs is 3. The molecule has 4 aromatic carbocycles. The Bertz CT molecular complexity index is 2000. The number of rotatable bonds is 5. The number of benzene rings is 4. The average molecular weight is 580 g/mol. The maximum Gasteiger partial charge on any atom is 0.258 e. The van der Waals surface area contributed by atoms with Crippen LogP contribution < -0.4 is 10.2 Å². The molecule has 214 valence electrons. The smallest absolute Gasteiger partial charge is 0.258 e. The fourth-order valence-corrected chi connectivity index (χ4v) is 5.55. The summed E-state index contributed by atoms with van der Waals surface area (Å²) < 4.78 is 14.5. The second kappa shape index (κ2) is 11.4. The van der Waals surface area contributed by atoms with Gasteiger partial charge in [0.2, 0.25) is 0 Å². The van der Waals surface area contributed by atoms with Gasteiger partial charge >= 0.3 is 0 Å². The lowest BCUT2D eigenvalue weighted by Gasteiger charge is -2.23. The molecular formula is C36H26FN5O2. The van der Waals surface area contributed by atoms with Gasteiger partial charge < -0.3 is 15.2 Å². The molecule has 1 aliphatic heterocycles. The van der Waals surface area contributed by atoms with E-state index < -0.39 is 5.82 Å². The van der Waals surface area contributed by atoms with Crippen LogP contribution in [0.4, 0.5) is 15.8 Å². The first-order chi connectivity index (χ1) is 21.6. The molecular weight excluding hydrogens is 553 g/mol. The zero-order valence-corrected chi connectivity index (χ0v) is 23.5. The standard InChI is InChI=1S/C36H26FN5O2/c37-29-13-5-3-10-26(29)25-9-1-2-11-27(25)35(43)39-24-18-16-23(17-19-24)36(44)42-22-20-30-33(28-12-4-6-15-32(28)42)41-34(40-30)31-14-7-8-21-38-31/h1-19,21H,20,22H2,(H,39,43)(H,40,41). The van der Waals surface area contributed by atoms with Crippen LogP contribution in [0.2, 0.25) is 0 Å². The Kier molecular flexibility index (Phi) is 7.00. The molecule has 7 rings (SSSR count). The Morgan fingerprint density at radius 1 is 0.773 bits per heavy atom. The highest BCUT2D eigenvalue weighted by Crippen LogP contribution is 2.37. The molecule has 0 aliphatic carbocycles. The predicted octanol–water partition coefficient (Wildman–Crippen LogP) is 7.40. The Morgan fingerprint density at radius 2 is 1.48 bits per heavy atom. The van der Waals surface area contributed by atoms with Crippen LogP contribution in [0.3, 0.4) is 0 Å². The minimum atomic E-state index is -0.401. The van der Waals surface area contributed by atoms with E-state index in [1.54, 1.807) is 77.8 Å². The number of H-pyrrole nitrogens is 1. The van der Waals surface area contributed by atoms with E-state index in [4.69, 9.17) is 4.98 Å². The van der Waals surface area contributed by atoms with E-state index in [9.17, 15) is 14.0 Å². The molecule has 0 saturated carbocycles. The van der Waals surface area contributed by atoms with Gasteiger partial charge in [-0.05, 0) is 60.2 Å². The third-order valence-electron chi connectivity index (χ3n) is 7.69. The Labute approximate surface area is 253 Å². The van der Waals surface area contributed by atoms with Gasteiger partial charge in [-0.15, -0.1) is 0 Å². The number of imidazole rings is 1. The molecule has 2 amide bonds. The second-order valence-electron chi connectivity index (χ2n) is 10.4. The van der Waals surface area contributed by atoms with E-state index in [1.807, 2.05) is 42.5 Å². The molecule has 2 aromatic heterocycles. The van der Waals surface area contributed by atoms with Crippen molar-refractivity contribution >= 4 is 23.2 Å². The number of carbonyl (C=O) groups is 2. The van der Waals surface area contributed by atoms with Crippen molar-refractivity contribution in [1.82, 2.24) is 15.0 Å². The number of hydrogen-bond acceptors (Lipinski definition) is 4. The minimum Gasteiger partial charge on any atom is -0.340 e. The third-order valence-corrected chi connectivity index (χ3v) is 7.69. The van der Waals surface area contributed by atoms with Crippen LogP contribution in [0.15, 0.2) is 121 Å². The highest BCUT2D eigenvalue weighted by atomic mass is 19.1. The van der Waals surface area contributed by atoms with Gasteiger partial charge in [0.15, 0.2) is 5.82 Å². The van der Waals surface area contributed by atoms with Gasteiger partial charge in [-0.25, -0.2) is 9.37 Å². The third kappa shape index (κ3) is 5.03. The molecule has 8 heteroatoms. The van der Waals surface area contributed by atoms with Crippen LogP contribution >= 0.6 is 0 Å². The van der Waals surface area contributed by atoms with Crippen molar-refractivity contribution in [3.05, 3.63) is 144 Å². The number of pyridine rings is 1. The Hall–Kier alpha value is -5.89. The summed E-state index contributed by atoms with van der Waals surface area (Å²) in [6, 6.07) is 33.5. The number of amides is 2. The molecule has 6 aromatic rings. The van der Waals surface area contributed by atoms with E-state index in [-0.39, 0.29) is 11.8 Å². The molecule has 2 N–H and O–H groups in total. The molecule has 0 saturated heterocycles. The van der Waals surface area contributed by atoms with Crippen LogP contribution in [0.25, 0.3) is 33.9 Å². The predicted molar refractivity (Wildman–Crippen MR) is 169 cm³/mol. The molecule has 3 heterocycles. The van der Waals surface area contributed by atoms with Crippen LogP contribution in [0.5, 0.6) is 0 Å². The van der Waals surface area contributed by atoms with Crippen LogP contribution in [-0.2, 0) is 6.42 Å². The lowest BCUT2D eigenvalue weighted by Crippen LogP contribution is -2.32. The molecule has 7 nitrogen and oxygen atoms in total. The summed E-state index contributed by atoms with van der Waals surface area (Å²) in [5, 5.41) is 2.88. The Balaban J connectivity index is 1.12. The normalized spacial score (nSPS) is 12.2. The van der Waals surface area contributed by atoms with Crippen molar-refractivity contribution in [1.29, 1.82) is 0 Å². The first kappa shape index (κ1) is 27.0. The van der Waals surface area contributed by atoms with E-state index in [0.717, 1.165) is 28.3 Å². The molecule has 0 bridgehead atoms. The van der Waals surface area contributed by atoms with Crippen LogP contribution in [0.1, 0.15) is 26.4 Å². The quantitative estimate of drug-likeness (QED) is 0.223. The van der Waals surface area contributed by atoms with E-state index in [0.29, 0.717) is 46.7 Å². The number of hydrogen-bond donors (Lipinski definition) is 2. The monoisotopic (exact) mass is 579 g/mol. The van der Waals surface area contributed by atoms with Crippen LogP contribution in [0, 0.1) is 5.82 Å². The summed E-state index contributed by atoms with van der Waals surface area (Å²) >= 11 is 0. The summed E-state index contributed by atoms with van der Waals surface area (Å²) in [4.78, 5) is 41.5. The Morgan fingerprint density at radius 3 is 2.25 bits per heavy atom. The number of anilines is 2. The highest BCUT2D eigenvalue weighted by molar-refractivity contribution is 6.10. The summed E-state index contributed by atoms with van der Waals surface area (Å²) in [5.41, 5.74) is 6.36. The number of aromatic amines is 1. The number of aromatic nitrogens is 3. The maximum atomic E-state index is 14.5. The molecule has 0 unspecified atom stereocenters. The number of halogens is 1.